The van der Waals surface area contributed by atoms with Crippen LogP contribution in [0.25, 0.3) is 0 Å². The van der Waals surface area contributed by atoms with E-state index in [4.69, 9.17) is 20.4 Å². The van der Waals surface area contributed by atoms with Gasteiger partial charge < -0.3 is 20.4 Å². The molecular formula is C16H40LiO4. The Bertz CT molecular complexity index is 74.3. The molecule has 0 amide bonds. The average molecular weight is 303 g/mol. The van der Waals surface area contributed by atoms with Gasteiger partial charge in [-0.15, -0.1) is 0 Å². The summed E-state index contributed by atoms with van der Waals surface area (Å²) in [7, 11) is 0. The molecule has 0 spiro atoms. The molecular weight excluding hydrogens is 263 g/mol. The molecule has 0 saturated carbocycles. The molecule has 4 nitrogen and oxygen atoms in total. The fourth-order valence-corrected chi connectivity index (χ4v) is 0.632. The SMILES string of the molecule is CCCCO.CCCCO.CCCCO.CCCCO.[Li]. The van der Waals surface area contributed by atoms with E-state index in [2.05, 4.69) is 27.7 Å². The van der Waals surface area contributed by atoms with Crippen LogP contribution in [0, 0.1) is 0 Å². The zero-order chi connectivity index (χ0) is 16.5. The van der Waals surface area contributed by atoms with Crippen LogP contribution in [0.4, 0.5) is 0 Å². The maximum Gasteiger partial charge on any atom is 0.0430 e. The summed E-state index contributed by atoms with van der Waals surface area (Å²) in [5.74, 6) is 0. The van der Waals surface area contributed by atoms with Crippen LogP contribution in [-0.2, 0) is 0 Å². The Labute approximate surface area is 145 Å². The first-order valence-corrected chi connectivity index (χ1v) is 8.09. The minimum Gasteiger partial charge on any atom is -0.396 e. The minimum absolute atomic E-state index is 0. The molecule has 0 heterocycles. The van der Waals surface area contributed by atoms with E-state index >= 15 is 0 Å². The molecule has 0 aliphatic rings. The van der Waals surface area contributed by atoms with Gasteiger partial charge >= 0.3 is 0 Å². The van der Waals surface area contributed by atoms with Crippen LogP contribution in [0.1, 0.15) is 79.1 Å². The van der Waals surface area contributed by atoms with Crippen LogP contribution < -0.4 is 0 Å². The Kier molecular flexibility index (Phi) is 78.8. The molecule has 0 aliphatic heterocycles. The summed E-state index contributed by atoms with van der Waals surface area (Å²) in [5.41, 5.74) is 0. The van der Waals surface area contributed by atoms with Crippen molar-refractivity contribution in [3.8, 4) is 0 Å². The monoisotopic (exact) mass is 303 g/mol. The molecule has 0 rings (SSSR count). The Balaban J connectivity index is -0.0000000533. The Morgan fingerprint density at radius 2 is 0.571 bits per heavy atom. The molecule has 1 radical (unpaired) electrons. The topological polar surface area (TPSA) is 80.9 Å². The van der Waals surface area contributed by atoms with Gasteiger partial charge in [0.25, 0.3) is 0 Å². The van der Waals surface area contributed by atoms with Gasteiger partial charge in [-0.05, 0) is 25.7 Å². The van der Waals surface area contributed by atoms with Crippen LogP contribution in [-0.4, -0.2) is 65.7 Å². The maximum atomic E-state index is 8.07. The second-order valence-corrected chi connectivity index (χ2v) is 4.31. The van der Waals surface area contributed by atoms with Crippen LogP contribution in [0.5, 0.6) is 0 Å². The van der Waals surface area contributed by atoms with Gasteiger partial charge in [-0.3, -0.25) is 0 Å². The Morgan fingerprint density at radius 3 is 0.571 bits per heavy atom. The maximum absolute atomic E-state index is 8.07. The van der Waals surface area contributed by atoms with Gasteiger partial charge in [0.05, 0.1) is 0 Å². The largest absolute Gasteiger partial charge is 0.396 e. The van der Waals surface area contributed by atoms with Crippen molar-refractivity contribution in [2.24, 2.45) is 0 Å². The summed E-state index contributed by atoms with van der Waals surface area (Å²) in [6.07, 6.45) is 8.15. The molecule has 0 atom stereocenters. The molecule has 0 unspecified atom stereocenters. The molecule has 0 aromatic rings. The van der Waals surface area contributed by atoms with Gasteiger partial charge in [0.15, 0.2) is 0 Å². The van der Waals surface area contributed by atoms with Gasteiger partial charge in [-0.25, -0.2) is 0 Å². The summed E-state index contributed by atoms with van der Waals surface area (Å²) >= 11 is 0. The number of rotatable bonds is 8. The molecule has 0 saturated heterocycles. The van der Waals surface area contributed by atoms with Crippen molar-refractivity contribution in [3.63, 3.8) is 0 Å². The minimum atomic E-state index is 0. The standard InChI is InChI=1S/4C4H10O.Li/c4*1-2-3-4-5;/h4*5H,2-4H2,1H3;. The van der Waals surface area contributed by atoms with E-state index in [-0.39, 0.29) is 18.9 Å². The fraction of sp³-hybridized carbons (Fsp3) is 1.00. The smallest absolute Gasteiger partial charge is 0.0430 e. The van der Waals surface area contributed by atoms with Crippen LogP contribution in [0.3, 0.4) is 0 Å². The zero-order valence-corrected chi connectivity index (χ0v) is 15.3. The van der Waals surface area contributed by atoms with Crippen molar-refractivity contribution < 1.29 is 20.4 Å². The predicted octanol–water partition coefficient (Wildman–Crippen LogP) is 2.73. The number of unbranched alkanes of at least 4 members (excludes halogenated alkanes) is 4. The number of hydrogen-bond donors (Lipinski definition) is 4. The average Bonchev–Trinajstić information content (AvgIpc) is 2.44. The number of aliphatic hydroxyl groups is 4. The molecule has 129 valence electrons. The normalized spacial score (nSPS) is 8.00. The first-order chi connectivity index (χ1) is 9.66. The van der Waals surface area contributed by atoms with Crippen molar-refractivity contribution in [2.45, 2.75) is 79.1 Å². The van der Waals surface area contributed by atoms with E-state index in [9.17, 15) is 0 Å². The summed E-state index contributed by atoms with van der Waals surface area (Å²) < 4.78 is 0. The Morgan fingerprint density at radius 1 is 0.429 bits per heavy atom. The first-order valence-electron chi connectivity index (χ1n) is 8.09. The van der Waals surface area contributed by atoms with Crippen molar-refractivity contribution in [1.82, 2.24) is 0 Å². The molecule has 0 aromatic carbocycles. The van der Waals surface area contributed by atoms with Crippen LogP contribution >= 0.6 is 0 Å². The first kappa shape index (κ1) is 33.1. The number of aliphatic hydroxyl groups excluding tert-OH is 4. The van der Waals surface area contributed by atoms with E-state index in [1.165, 1.54) is 0 Å². The molecule has 4 N–H and O–H groups in total. The molecule has 5 heteroatoms. The van der Waals surface area contributed by atoms with E-state index in [1.54, 1.807) is 0 Å². The van der Waals surface area contributed by atoms with Crippen molar-refractivity contribution >= 4 is 18.9 Å². The van der Waals surface area contributed by atoms with Crippen molar-refractivity contribution in [3.05, 3.63) is 0 Å². The van der Waals surface area contributed by atoms with Crippen LogP contribution in [0.15, 0.2) is 0 Å². The van der Waals surface area contributed by atoms with Gasteiger partial charge in [-0.2, -0.15) is 0 Å². The number of hydrogen-bond acceptors (Lipinski definition) is 4. The van der Waals surface area contributed by atoms with Crippen LogP contribution in [0.2, 0.25) is 0 Å². The molecule has 0 fully saturated rings. The van der Waals surface area contributed by atoms with E-state index < -0.39 is 0 Å². The second-order valence-electron chi connectivity index (χ2n) is 4.31. The summed E-state index contributed by atoms with van der Waals surface area (Å²) in [6.45, 7) is 9.58. The summed E-state index contributed by atoms with van der Waals surface area (Å²) in [5, 5.41) is 32.3. The van der Waals surface area contributed by atoms with Crippen molar-refractivity contribution in [1.29, 1.82) is 0 Å². The van der Waals surface area contributed by atoms with E-state index in [1.807, 2.05) is 0 Å². The predicted molar refractivity (Wildman–Crippen MR) is 93.7 cm³/mol. The van der Waals surface area contributed by atoms with Gasteiger partial charge in [0.2, 0.25) is 0 Å². The quantitative estimate of drug-likeness (QED) is 0.520. The molecule has 0 aromatic heterocycles. The van der Waals surface area contributed by atoms with Gasteiger partial charge in [0, 0.05) is 45.3 Å². The Hall–Kier alpha value is 0.437. The summed E-state index contributed by atoms with van der Waals surface area (Å²) in [6, 6.07) is 0. The molecule has 0 aliphatic carbocycles. The third kappa shape index (κ3) is 97.6. The molecule has 0 bridgehead atoms. The third-order valence-corrected chi connectivity index (χ3v) is 2.05. The van der Waals surface area contributed by atoms with Gasteiger partial charge in [0.1, 0.15) is 0 Å². The van der Waals surface area contributed by atoms with Gasteiger partial charge in [-0.1, -0.05) is 53.4 Å². The third-order valence-electron chi connectivity index (χ3n) is 2.05. The fourth-order valence-electron chi connectivity index (χ4n) is 0.632. The zero-order valence-electron chi connectivity index (χ0n) is 15.3. The molecule has 21 heavy (non-hydrogen) atoms. The van der Waals surface area contributed by atoms with Crippen molar-refractivity contribution in [2.75, 3.05) is 26.4 Å². The summed E-state index contributed by atoms with van der Waals surface area (Å²) in [4.78, 5) is 0. The van der Waals surface area contributed by atoms with E-state index in [0.29, 0.717) is 26.4 Å². The van der Waals surface area contributed by atoms with E-state index in [0.717, 1.165) is 51.4 Å². The second kappa shape index (κ2) is 49.9.